The highest BCUT2D eigenvalue weighted by Gasteiger charge is 2.15. The highest BCUT2D eigenvalue weighted by molar-refractivity contribution is 7.90. The number of hydrogen-bond acceptors (Lipinski definition) is 3. The number of nitrogens with zero attached hydrogens (tertiary/aromatic N) is 3. The van der Waals surface area contributed by atoms with Crippen molar-refractivity contribution in [3.8, 4) is 0 Å². The highest BCUT2D eigenvalue weighted by Crippen LogP contribution is 2.14. The second kappa shape index (κ2) is 4.48. The Labute approximate surface area is 94.3 Å². The van der Waals surface area contributed by atoms with Crippen molar-refractivity contribution in [3.63, 3.8) is 0 Å². The zero-order valence-electron chi connectivity index (χ0n) is 9.28. The normalized spacial score (nSPS) is 11.9. The number of aryl methyl sites for hydroxylation is 1. The molecule has 7 heteroatoms. The standard InChI is InChI=1S/C9H13N3O3S/c1-11(2)7-10-16(14,15)9-4-8(6-13)12(3)5-9/h4-7H,1-3H3. The second-order valence-electron chi connectivity index (χ2n) is 3.49. The van der Waals surface area contributed by atoms with Gasteiger partial charge in [0, 0.05) is 27.3 Å². The van der Waals surface area contributed by atoms with Gasteiger partial charge in [0.2, 0.25) is 0 Å². The first-order valence-electron chi connectivity index (χ1n) is 4.45. The van der Waals surface area contributed by atoms with Gasteiger partial charge in [-0.05, 0) is 6.07 Å². The van der Waals surface area contributed by atoms with E-state index in [1.165, 1.54) is 28.1 Å². The van der Waals surface area contributed by atoms with Gasteiger partial charge in [-0.25, -0.2) is 0 Å². The molecule has 0 saturated carbocycles. The minimum atomic E-state index is -3.72. The summed E-state index contributed by atoms with van der Waals surface area (Å²) in [7, 11) is 1.21. The summed E-state index contributed by atoms with van der Waals surface area (Å²) in [6.45, 7) is 0. The minimum Gasteiger partial charge on any atom is -0.368 e. The number of carbonyl (C=O) groups is 1. The van der Waals surface area contributed by atoms with E-state index in [2.05, 4.69) is 4.40 Å². The van der Waals surface area contributed by atoms with Crippen molar-refractivity contribution in [2.45, 2.75) is 4.90 Å². The maximum absolute atomic E-state index is 11.7. The molecule has 0 aliphatic heterocycles. The average Bonchev–Trinajstić information content (AvgIpc) is 2.57. The van der Waals surface area contributed by atoms with E-state index in [1.807, 2.05) is 0 Å². The lowest BCUT2D eigenvalue weighted by Gasteiger charge is -2.01. The lowest BCUT2D eigenvalue weighted by atomic mass is 10.5. The quantitative estimate of drug-likeness (QED) is 0.427. The van der Waals surface area contributed by atoms with Gasteiger partial charge in [0.15, 0.2) is 6.29 Å². The van der Waals surface area contributed by atoms with Gasteiger partial charge in [0.25, 0.3) is 10.0 Å². The zero-order valence-corrected chi connectivity index (χ0v) is 10.1. The maximum Gasteiger partial charge on any atom is 0.285 e. The van der Waals surface area contributed by atoms with E-state index in [0.29, 0.717) is 12.0 Å². The second-order valence-corrected chi connectivity index (χ2v) is 5.12. The number of aldehydes is 1. The first kappa shape index (κ1) is 12.4. The molecule has 0 aliphatic carbocycles. The molecule has 0 aromatic carbocycles. The third-order valence-corrected chi connectivity index (χ3v) is 3.04. The molecule has 0 atom stereocenters. The molecule has 1 aromatic rings. The Morgan fingerprint density at radius 2 is 2.06 bits per heavy atom. The first-order chi connectivity index (χ1) is 7.36. The summed E-state index contributed by atoms with van der Waals surface area (Å²) in [6, 6.07) is 1.29. The van der Waals surface area contributed by atoms with Crippen molar-refractivity contribution < 1.29 is 13.2 Å². The molecule has 0 radical (unpaired) electrons. The van der Waals surface area contributed by atoms with Gasteiger partial charge in [0.1, 0.15) is 11.2 Å². The molecular formula is C9H13N3O3S. The van der Waals surface area contributed by atoms with Gasteiger partial charge >= 0.3 is 0 Å². The van der Waals surface area contributed by atoms with Crippen LogP contribution in [0.1, 0.15) is 10.5 Å². The van der Waals surface area contributed by atoms with Gasteiger partial charge in [-0.2, -0.15) is 8.42 Å². The first-order valence-corrected chi connectivity index (χ1v) is 5.89. The Kier molecular flexibility index (Phi) is 3.48. The van der Waals surface area contributed by atoms with Crippen LogP contribution >= 0.6 is 0 Å². The summed E-state index contributed by atoms with van der Waals surface area (Å²) >= 11 is 0. The van der Waals surface area contributed by atoms with Gasteiger partial charge in [-0.1, -0.05) is 0 Å². The van der Waals surface area contributed by atoms with E-state index < -0.39 is 10.0 Å². The molecule has 0 aliphatic rings. The van der Waals surface area contributed by atoms with Crippen LogP contribution < -0.4 is 0 Å². The molecule has 1 aromatic heterocycles. The summed E-state index contributed by atoms with van der Waals surface area (Å²) in [5, 5.41) is 0. The molecule has 6 nitrogen and oxygen atoms in total. The molecule has 0 spiro atoms. The average molecular weight is 243 g/mol. The fraction of sp³-hybridized carbons (Fsp3) is 0.333. The van der Waals surface area contributed by atoms with Crippen LogP contribution in [0, 0.1) is 0 Å². The van der Waals surface area contributed by atoms with Crippen LogP contribution in [0.15, 0.2) is 21.6 Å². The molecule has 1 rings (SSSR count). The number of aromatic nitrogens is 1. The SMILES string of the molecule is CN(C)C=NS(=O)(=O)c1cc(C=O)n(C)c1. The lowest BCUT2D eigenvalue weighted by Crippen LogP contribution is -2.09. The van der Waals surface area contributed by atoms with E-state index >= 15 is 0 Å². The third kappa shape index (κ3) is 2.69. The van der Waals surface area contributed by atoms with Crippen molar-refractivity contribution in [2.75, 3.05) is 14.1 Å². The van der Waals surface area contributed by atoms with Gasteiger partial charge in [-0.3, -0.25) is 4.79 Å². The molecule has 0 amide bonds. The Bertz CT molecular complexity index is 514. The van der Waals surface area contributed by atoms with E-state index in [1.54, 1.807) is 21.1 Å². The fourth-order valence-electron chi connectivity index (χ4n) is 1.03. The number of rotatable bonds is 4. The van der Waals surface area contributed by atoms with Crippen LogP contribution in [0.3, 0.4) is 0 Å². The Hall–Kier alpha value is -1.63. The van der Waals surface area contributed by atoms with Crippen LogP contribution in [0.4, 0.5) is 0 Å². The minimum absolute atomic E-state index is 0.00944. The predicted octanol–water partition coefficient (Wildman–Crippen LogP) is 0.116. The van der Waals surface area contributed by atoms with Crippen molar-refractivity contribution in [1.29, 1.82) is 0 Å². The van der Waals surface area contributed by atoms with E-state index in [9.17, 15) is 13.2 Å². The molecule has 0 bridgehead atoms. The molecule has 0 fully saturated rings. The van der Waals surface area contributed by atoms with Crippen LogP contribution in [-0.4, -0.2) is 44.6 Å². The summed E-state index contributed by atoms with van der Waals surface area (Å²) in [5.74, 6) is 0. The Morgan fingerprint density at radius 1 is 1.44 bits per heavy atom. The molecule has 88 valence electrons. The van der Waals surface area contributed by atoms with Crippen LogP contribution in [0.2, 0.25) is 0 Å². The molecule has 1 heterocycles. The van der Waals surface area contributed by atoms with Crippen LogP contribution in [0.5, 0.6) is 0 Å². The number of hydrogen-bond donors (Lipinski definition) is 0. The lowest BCUT2D eigenvalue weighted by molar-refractivity contribution is 0.111. The molecule has 16 heavy (non-hydrogen) atoms. The zero-order chi connectivity index (χ0) is 12.3. The van der Waals surface area contributed by atoms with Crippen LogP contribution in [-0.2, 0) is 17.1 Å². The van der Waals surface area contributed by atoms with E-state index in [0.717, 1.165) is 0 Å². The van der Waals surface area contributed by atoms with Gasteiger partial charge in [-0.15, -0.1) is 4.40 Å². The van der Waals surface area contributed by atoms with Crippen molar-refractivity contribution in [2.24, 2.45) is 11.4 Å². The van der Waals surface area contributed by atoms with Crippen molar-refractivity contribution >= 4 is 22.6 Å². The Morgan fingerprint density at radius 3 is 2.50 bits per heavy atom. The smallest absolute Gasteiger partial charge is 0.285 e. The van der Waals surface area contributed by atoms with Gasteiger partial charge < -0.3 is 9.47 Å². The third-order valence-electron chi connectivity index (χ3n) is 1.85. The monoisotopic (exact) mass is 243 g/mol. The largest absolute Gasteiger partial charge is 0.368 e. The molecular weight excluding hydrogens is 230 g/mol. The summed E-state index contributed by atoms with van der Waals surface area (Å²) in [6.07, 6.45) is 3.14. The Balaban J connectivity index is 3.13. The summed E-state index contributed by atoms with van der Waals surface area (Å²) in [5.41, 5.74) is 0.290. The number of sulfonamides is 1. The molecule has 0 unspecified atom stereocenters. The van der Waals surface area contributed by atoms with Crippen molar-refractivity contribution in [1.82, 2.24) is 9.47 Å². The van der Waals surface area contributed by atoms with Crippen LogP contribution in [0.25, 0.3) is 0 Å². The topological polar surface area (TPSA) is 71.7 Å². The van der Waals surface area contributed by atoms with E-state index in [4.69, 9.17) is 0 Å². The summed E-state index contributed by atoms with van der Waals surface area (Å²) < 4.78 is 28.2. The molecule has 0 N–H and O–H groups in total. The van der Waals surface area contributed by atoms with Crippen molar-refractivity contribution in [3.05, 3.63) is 18.0 Å². The predicted molar refractivity (Wildman–Crippen MR) is 60.2 cm³/mol. The van der Waals surface area contributed by atoms with E-state index in [-0.39, 0.29) is 4.90 Å². The molecule has 0 saturated heterocycles. The summed E-state index contributed by atoms with van der Waals surface area (Å²) in [4.78, 5) is 12.1. The van der Waals surface area contributed by atoms with Gasteiger partial charge in [0.05, 0.1) is 5.69 Å². The number of carbonyl (C=O) groups excluding carboxylic acids is 1. The maximum atomic E-state index is 11.7. The fourth-order valence-corrected chi connectivity index (χ4v) is 2.02. The highest BCUT2D eigenvalue weighted by atomic mass is 32.2.